The molecule has 4 atom stereocenters. The zero-order chi connectivity index (χ0) is 36.0. The fourth-order valence-electron chi connectivity index (χ4n) is 4.92. The molecule has 6 N–H and O–H groups in total. The minimum atomic E-state index is -1.39. The van der Waals surface area contributed by atoms with Gasteiger partial charge < -0.3 is 45.6 Å². The fourth-order valence-corrected chi connectivity index (χ4v) is 4.92. The van der Waals surface area contributed by atoms with Crippen LogP contribution in [0.25, 0.3) is 10.9 Å². The van der Waals surface area contributed by atoms with Gasteiger partial charge in [0.1, 0.15) is 24.3 Å². The fraction of sp³-hybridized carbons (Fsp3) is 0.457. The van der Waals surface area contributed by atoms with E-state index in [9.17, 15) is 29.1 Å². The lowest BCUT2D eigenvalue weighted by atomic mass is 10.0. The molecule has 0 saturated carbocycles. The molecule has 0 aliphatic heterocycles. The van der Waals surface area contributed by atoms with Gasteiger partial charge in [0.25, 0.3) is 0 Å². The normalized spacial score (nSPS) is 13.7. The monoisotopic (exact) mass is 681 g/mol. The van der Waals surface area contributed by atoms with Crippen molar-refractivity contribution in [3.8, 4) is 0 Å². The van der Waals surface area contributed by atoms with E-state index in [0.29, 0.717) is 12.8 Å². The van der Waals surface area contributed by atoms with Crippen LogP contribution in [0, 0.1) is 0 Å². The van der Waals surface area contributed by atoms with E-state index in [1.807, 2.05) is 54.6 Å². The number of fused-ring (bicyclic) bond motifs is 1. The number of ether oxygens (including phenoxy) is 3. The molecule has 1 aromatic heterocycles. The molecule has 0 saturated heterocycles. The Morgan fingerprint density at radius 3 is 2.20 bits per heavy atom. The number of esters is 1. The summed E-state index contributed by atoms with van der Waals surface area (Å²) >= 11 is 0. The van der Waals surface area contributed by atoms with Crippen molar-refractivity contribution < 1.29 is 43.3 Å². The van der Waals surface area contributed by atoms with Gasteiger partial charge in [0.2, 0.25) is 11.8 Å². The van der Waals surface area contributed by atoms with Crippen LogP contribution in [0.4, 0.5) is 9.59 Å². The number of benzene rings is 2. The van der Waals surface area contributed by atoms with Gasteiger partial charge in [-0.15, -0.1) is 0 Å². The van der Waals surface area contributed by atoms with Gasteiger partial charge in [-0.25, -0.2) is 14.4 Å². The number of alkyl carbamates (subject to hydrolysis) is 2. The number of carbonyl (C=O) groups excluding carboxylic acids is 5. The molecule has 0 fully saturated rings. The Hall–Kier alpha value is -5.11. The van der Waals surface area contributed by atoms with E-state index in [-0.39, 0.29) is 26.0 Å². The Morgan fingerprint density at radius 2 is 1.53 bits per heavy atom. The van der Waals surface area contributed by atoms with Crippen molar-refractivity contribution in [2.24, 2.45) is 0 Å². The lowest BCUT2D eigenvalue weighted by Gasteiger charge is -2.26. The largest absolute Gasteiger partial charge is 0.467 e. The molecule has 0 bridgehead atoms. The lowest BCUT2D eigenvalue weighted by Crippen LogP contribution is -2.58. The Morgan fingerprint density at radius 1 is 0.857 bits per heavy atom. The molecule has 1 heterocycles. The summed E-state index contributed by atoms with van der Waals surface area (Å²) in [6.45, 7) is 6.75. The zero-order valence-electron chi connectivity index (χ0n) is 28.5. The number of para-hydroxylation sites is 1. The van der Waals surface area contributed by atoms with Gasteiger partial charge in [-0.2, -0.15) is 0 Å². The highest BCUT2D eigenvalue weighted by atomic mass is 16.6. The standard InChI is InChI=1S/C35H47N5O9/c1-22(41)29(32(44)47-5)40-30(42)27(17-11-12-18-36-33(45)48-21-23-13-7-6-8-14-23)38-31(43)28(39-34(46)49-35(2,3)4)19-24-20-37-26-16-10-9-15-25(24)26/h6-10,13-16,20,22,27-29,37,41H,11-12,17-19,21H2,1-5H3,(H,36,45)(H,38,43)(H,39,46)(H,40,42)/t22-,27-,28+,29+/m0/s1. The van der Waals surface area contributed by atoms with E-state index >= 15 is 0 Å². The van der Waals surface area contributed by atoms with E-state index in [0.717, 1.165) is 29.1 Å². The number of rotatable bonds is 16. The number of nitrogens with one attached hydrogen (secondary N) is 5. The van der Waals surface area contributed by atoms with Gasteiger partial charge in [0.05, 0.1) is 13.2 Å². The third-order valence-corrected chi connectivity index (χ3v) is 7.38. The van der Waals surface area contributed by atoms with Crippen LogP contribution in [0.3, 0.4) is 0 Å². The molecule has 0 unspecified atom stereocenters. The Balaban J connectivity index is 1.72. The van der Waals surface area contributed by atoms with Crippen molar-refractivity contribution in [2.45, 2.75) is 89.8 Å². The van der Waals surface area contributed by atoms with Gasteiger partial charge in [0, 0.05) is 30.1 Å². The molecule has 266 valence electrons. The maximum Gasteiger partial charge on any atom is 0.408 e. The maximum atomic E-state index is 13.8. The molecule has 0 aliphatic rings. The van der Waals surface area contributed by atoms with Gasteiger partial charge in [-0.1, -0.05) is 48.5 Å². The first-order valence-corrected chi connectivity index (χ1v) is 16.1. The number of carbonyl (C=O) groups is 5. The second-order valence-corrected chi connectivity index (χ2v) is 12.6. The van der Waals surface area contributed by atoms with Crippen molar-refractivity contribution in [1.29, 1.82) is 0 Å². The molecule has 0 aliphatic carbocycles. The summed E-state index contributed by atoms with van der Waals surface area (Å²) in [5.74, 6) is -2.29. The van der Waals surface area contributed by atoms with Crippen LogP contribution in [0.1, 0.15) is 58.1 Å². The summed E-state index contributed by atoms with van der Waals surface area (Å²) < 4.78 is 15.3. The van der Waals surface area contributed by atoms with Gasteiger partial charge in [-0.05, 0) is 64.2 Å². The van der Waals surface area contributed by atoms with E-state index in [1.54, 1.807) is 27.0 Å². The molecule has 0 spiro atoms. The minimum Gasteiger partial charge on any atom is -0.467 e. The summed E-state index contributed by atoms with van der Waals surface area (Å²) in [5, 5.41) is 21.4. The highest BCUT2D eigenvalue weighted by molar-refractivity contribution is 5.94. The third kappa shape index (κ3) is 12.8. The number of amides is 4. The SMILES string of the molecule is COC(=O)[C@H](NC(=O)[C@H](CCCCNC(=O)OCc1ccccc1)NC(=O)[C@@H](Cc1c[nH]c2ccccc12)NC(=O)OC(C)(C)C)[C@H](C)O. The average molecular weight is 682 g/mol. The Kier molecular flexibility index (Phi) is 14.4. The molecule has 49 heavy (non-hydrogen) atoms. The van der Waals surface area contributed by atoms with Crippen molar-refractivity contribution in [1.82, 2.24) is 26.3 Å². The topological polar surface area (TPSA) is 197 Å². The molecule has 4 amide bonds. The predicted octanol–water partition coefficient (Wildman–Crippen LogP) is 3.22. The molecule has 2 aromatic carbocycles. The Labute approximate surface area is 285 Å². The van der Waals surface area contributed by atoms with Gasteiger partial charge in [0.15, 0.2) is 6.04 Å². The van der Waals surface area contributed by atoms with Crippen LogP contribution in [0.15, 0.2) is 60.8 Å². The number of hydrogen-bond acceptors (Lipinski definition) is 9. The second-order valence-electron chi connectivity index (χ2n) is 12.6. The number of aromatic amines is 1. The summed E-state index contributed by atoms with van der Waals surface area (Å²) in [7, 11) is 1.12. The summed E-state index contributed by atoms with van der Waals surface area (Å²) in [6, 6.07) is 13.0. The lowest BCUT2D eigenvalue weighted by molar-refractivity contribution is -0.148. The maximum absolute atomic E-state index is 13.8. The number of unbranched alkanes of at least 4 members (excludes halogenated alkanes) is 1. The number of aliphatic hydroxyl groups excluding tert-OH is 1. The highest BCUT2D eigenvalue weighted by Crippen LogP contribution is 2.20. The molecule has 14 heteroatoms. The highest BCUT2D eigenvalue weighted by Gasteiger charge is 2.33. The van der Waals surface area contributed by atoms with Crippen molar-refractivity contribution in [2.75, 3.05) is 13.7 Å². The van der Waals surface area contributed by atoms with Crippen LogP contribution in [0.2, 0.25) is 0 Å². The van der Waals surface area contributed by atoms with Crippen LogP contribution >= 0.6 is 0 Å². The number of hydrogen-bond donors (Lipinski definition) is 6. The van der Waals surface area contributed by atoms with E-state index in [1.165, 1.54) is 6.92 Å². The van der Waals surface area contributed by atoms with E-state index in [4.69, 9.17) is 14.2 Å². The minimum absolute atomic E-state index is 0.0664. The molecular formula is C35H47N5O9. The molecular weight excluding hydrogens is 634 g/mol. The third-order valence-electron chi connectivity index (χ3n) is 7.38. The van der Waals surface area contributed by atoms with Crippen molar-refractivity contribution in [3.63, 3.8) is 0 Å². The predicted molar refractivity (Wildman–Crippen MR) is 181 cm³/mol. The quantitative estimate of drug-likeness (QED) is 0.0747. The van der Waals surface area contributed by atoms with Gasteiger partial charge in [-0.3, -0.25) is 9.59 Å². The number of methoxy groups -OCH3 is 1. The Bertz CT molecular complexity index is 1550. The smallest absolute Gasteiger partial charge is 0.408 e. The van der Waals surface area contributed by atoms with E-state index < -0.39 is 59.8 Å². The van der Waals surface area contributed by atoms with Crippen LogP contribution < -0.4 is 21.3 Å². The number of aliphatic hydroxyl groups is 1. The molecule has 3 aromatic rings. The van der Waals surface area contributed by atoms with Crippen molar-refractivity contribution >= 4 is 40.9 Å². The zero-order valence-corrected chi connectivity index (χ0v) is 28.5. The summed E-state index contributed by atoms with van der Waals surface area (Å²) in [6.07, 6.45) is -0.0193. The summed E-state index contributed by atoms with van der Waals surface area (Å²) in [5.41, 5.74) is 1.60. The van der Waals surface area contributed by atoms with Crippen molar-refractivity contribution in [3.05, 3.63) is 71.9 Å². The molecule has 14 nitrogen and oxygen atoms in total. The van der Waals surface area contributed by atoms with Crippen LogP contribution in [-0.4, -0.2) is 83.5 Å². The van der Waals surface area contributed by atoms with Crippen LogP contribution in [-0.2, 0) is 41.6 Å². The first-order valence-electron chi connectivity index (χ1n) is 16.1. The number of H-pyrrole nitrogens is 1. The molecule has 0 radical (unpaired) electrons. The van der Waals surface area contributed by atoms with Crippen LogP contribution in [0.5, 0.6) is 0 Å². The summed E-state index contributed by atoms with van der Waals surface area (Å²) in [4.78, 5) is 67.7. The average Bonchev–Trinajstić information content (AvgIpc) is 3.46. The second kappa shape index (κ2) is 18.4. The first-order chi connectivity index (χ1) is 23.3. The number of aromatic nitrogens is 1. The van der Waals surface area contributed by atoms with E-state index in [2.05, 4.69) is 26.3 Å². The van der Waals surface area contributed by atoms with Gasteiger partial charge >= 0.3 is 18.2 Å². The molecule has 3 rings (SSSR count). The first kappa shape index (κ1) is 38.3.